The Bertz CT molecular complexity index is 255. The van der Waals surface area contributed by atoms with E-state index in [1.54, 1.807) is 0 Å². The van der Waals surface area contributed by atoms with E-state index in [9.17, 15) is 0 Å². The average Bonchev–Trinajstić information content (AvgIpc) is 1.66. The van der Waals surface area contributed by atoms with Crippen LogP contribution in [0.15, 0.2) is 0 Å². The minimum atomic E-state index is -2.10. The molecule has 104 valence electrons. The van der Waals surface area contributed by atoms with Gasteiger partial charge in [-0.2, -0.15) is 0 Å². The molecule has 0 amide bonds. The first-order valence-electron chi connectivity index (χ1n) is 6.27. The molecule has 0 aromatic heterocycles. The maximum atomic E-state index is 6.43. The molecule has 0 aliphatic heterocycles. The SMILES string of the molecule is C[Si](C)(Cl)O[Si](C)(C)[N]([Sn]([CH3])([CH3])[CH3])[Sn]([CH3])([CH3])[CH3]. The monoisotopic (exact) mass is 511 g/mol. The summed E-state index contributed by atoms with van der Waals surface area (Å²) in [5.41, 5.74) is 0. The second-order valence-electron chi connectivity index (χ2n) is 7.59. The third kappa shape index (κ3) is 6.99. The van der Waals surface area contributed by atoms with Gasteiger partial charge in [-0.25, -0.2) is 0 Å². The van der Waals surface area contributed by atoms with Crippen LogP contribution >= 0.6 is 11.1 Å². The molecule has 7 heteroatoms. The molecule has 0 fully saturated rings. The van der Waals surface area contributed by atoms with Crippen molar-refractivity contribution in [3.63, 3.8) is 0 Å². The molecule has 0 spiro atoms. The van der Waals surface area contributed by atoms with Crippen LogP contribution < -0.4 is 0 Å². The third-order valence-corrected chi connectivity index (χ3v) is 59.7. The Kier molecular flexibility index (Phi) is 6.71. The van der Waals surface area contributed by atoms with E-state index in [1.165, 1.54) is 0 Å². The Morgan fingerprint density at radius 3 is 1.29 bits per heavy atom. The summed E-state index contributed by atoms with van der Waals surface area (Å²) >= 11 is 2.23. The number of hydrogen-bond donors (Lipinski definition) is 0. The molecule has 0 atom stereocenters. The van der Waals surface area contributed by atoms with E-state index >= 15 is 0 Å². The zero-order valence-corrected chi connectivity index (χ0v) is 21.7. The van der Waals surface area contributed by atoms with Crippen molar-refractivity contribution in [2.75, 3.05) is 0 Å². The molecule has 0 bridgehead atoms. The first-order chi connectivity index (χ1) is 7.07. The molecule has 0 N–H and O–H groups in total. The Morgan fingerprint density at radius 2 is 1.12 bits per heavy atom. The van der Waals surface area contributed by atoms with E-state index in [0.717, 1.165) is 0 Å². The van der Waals surface area contributed by atoms with Gasteiger partial charge in [0.05, 0.1) is 0 Å². The fourth-order valence-electron chi connectivity index (χ4n) is 3.26. The van der Waals surface area contributed by atoms with Crippen molar-refractivity contribution >= 4 is 64.5 Å². The van der Waals surface area contributed by atoms with E-state index in [-0.39, 0.29) is 0 Å². The van der Waals surface area contributed by atoms with Crippen LogP contribution in [0.25, 0.3) is 0 Å². The van der Waals surface area contributed by atoms with Gasteiger partial charge >= 0.3 is 125 Å². The molecule has 0 saturated heterocycles. The van der Waals surface area contributed by atoms with Crippen molar-refractivity contribution in [1.29, 1.82) is 0 Å². The summed E-state index contributed by atoms with van der Waals surface area (Å²) in [6.07, 6.45) is 0. The molecule has 17 heavy (non-hydrogen) atoms. The number of hydrogen-bond acceptors (Lipinski definition) is 2. The molecular weight excluding hydrogens is 479 g/mol. The van der Waals surface area contributed by atoms with E-state index in [1.807, 2.05) is 0 Å². The quantitative estimate of drug-likeness (QED) is 0.397. The number of halogens is 1. The van der Waals surface area contributed by atoms with Crippen LogP contribution in [0.3, 0.4) is 0 Å². The van der Waals surface area contributed by atoms with E-state index in [4.69, 9.17) is 15.2 Å². The standard InChI is InChI=1S/C4H12ClNOSi2.6CH3.2Sn/c1-8(2,5)7-9(3,4)6;;;;;;;;/h1-4H3;6*1H3;;. The van der Waals surface area contributed by atoms with Crippen LogP contribution in [0.5, 0.6) is 0 Å². The fourth-order valence-corrected chi connectivity index (χ4v) is 87.6. The Balaban J connectivity index is 5.34. The fraction of sp³-hybridized carbons (Fsp3) is 1.00. The molecule has 0 aromatic rings. The Labute approximate surface area is 124 Å². The van der Waals surface area contributed by atoms with Crippen molar-refractivity contribution in [3.8, 4) is 0 Å². The van der Waals surface area contributed by atoms with Crippen LogP contribution in [0, 0.1) is 0 Å². The topological polar surface area (TPSA) is 12.5 Å². The van der Waals surface area contributed by atoms with Gasteiger partial charge in [0.25, 0.3) is 0 Å². The van der Waals surface area contributed by atoms with Gasteiger partial charge < -0.3 is 0 Å². The second-order valence-corrected chi connectivity index (χ2v) is 50.7. The summed E-state index contributed by atoms with van der Waals surface area (Å²) in [5.74, 6) is 0. The second kappa shape index (κ2) is 5.93. The van der Waals surface area contributed by atoms with Crippen molar-refractivity contribution < 1.29 is 4.12 Å². The third-order valence-electron chi connectivity index (χ3n) is 2.37. The van der Waals surface area contributed by atoms with Crippen molar-refractivity contribution in [2.45, 2.75) is 55.8 Å². The molecule has 0 radical (unpaired) electrons. The maximum absolute atomic E-state index is 6.43. The summed E-state index contributed by atoms with van der Waals surface area (Å²) < 4.78 is 9.37. The molecule has 0 saturated carbocycles. The zero-order chi connectivity index (χ0) is 14.3. The van der Waals surface area contributed by atoms with Gasteiger partial charge in [-0.3, -0.25) is 0 Å². The van der Waals surface area contributed by atoms with E-state index in [2.05, 4.69) is 56.8 Å². The molecule has 0 unspecified atom stereocenters. The van der Waals surface area contributed by atoms with Crippen LogP contribution in [-0.4, -0.2) is 54.4 Å². The van der Waals surface area contributed by atoms with E-state index in [0.29, 0.717) is 0 Å². The first kappa shape index (κ1) is 19.2. The molecule has 2 nitrogen and oxygen atoms in total. The van der Waals surface area contributed by atoms with Gasteiger partial charge in [0, 0.05) is 0 Å². The summed E-state index contributed by atoms with van der Waals surface area (Å²) in [6.45, 7) is 8.90. The van der Waals surface area contributed by atoms with Crippen LogP contribution in [0.1, 0.15) is 0 Å². The predicted molar refractivity (Wildman–Crippen MR) is 90.4 cm³/mol. The Hall–Kier alpha value is 2.24. The molecule has 0 aliphatic rings. The molecule has 0 aliphatic carbocycles. The van der Waals surface area contributed by atoms with Gasteiger partial charge in [-0.1, -0.05) is 0 Å². The van der Waals surface area contributed by atoms with Crippen molar-refractivity contribution in [3.05, 3.63) is 0 Å². The number of nitrogens with zero attached hydrogens (tertiary/aromatic N) is 1. The molecule has 0 aromatic carbocycles. The first-order valence-corrected chi connectivity index (χ1v) is 32.7. The summed E-state index contributed by atoms with van der Waals surface area (Å²) in [4.78, 5) is 15.1. The molecular formula is C10H30ClNOSi2Sn2. The molecule has 0 heterocycles. The van der Waals surface area contributed by atoms with Crippen LogP contribution in [-0.2, 0) is 4.12 Å². The number of rotatable bonds is 5. The minimum absolute atomic E-state index is 1.79. The zero-order valence-electron chi connectivity index (χ0n) is 13.2. The summed E-state index contributed by atoms with van der Waals surface area (Å²) in [6, 6.07) is 0. The molecule has 0 rings (SSSR count). The van der Waals surface area contributed by atoms with Gasteiger partial charge in [-0.15, -0.1) is 0 Å². The summed E-state index contributed by atoms with van der Waals surface area (Å²) in [5, 5.41) is 0. The Morgan fingerprint density at radius 1 is 0.824 bits per heavy atom. The van der Waals surface area contributed by atoms with Gasteiger partial charge in [-0.05, 0) is 0 Å². The van der Waals surface area contributed by atoms with E-state index < -0.39 is 53.4 Å². The van der Waals surface area contributed by atoms with Gasteiger partial charge in [0.15, 0.2) is 0 Å². The van der Waals surface area contributed by atoms with Gasteiger partial charge in [0.1, 0.15) is 0 Å². The van der Waals surface area contributed by atoms with Gasteiger partial charge in [0.2, 0.25) is 0 Å². The average molecular weight is 509 g/mol. The predicted octanol–water partition coefficient (Wildman–Crippen LogP) is 4.62. The normalized spacial score (nSPS) is 15.5. The van der Waals surface area contributed by atoms with Crippen LogP contribution in [0.2, 0.25) is 55.8 Å². The van der Waals surface area contributed by atoms with Crippen LogP contribution in [0.4, 0.5) is 0 Å². The summed E-state index contributed by atoms with van der Waals surface area (Å²) in [7, 11) is -3.74. The van der Waals surface area contributed by atoms with Crippen molar-refractivity contribution in [1.82, 2.24) is 1.01 Å². The van der Waals surface area contributed by atoms with Crippen molar-refractivity contribution in [2.24, 2.45) is 0 Å².